The Kier molecular flexibility index (Phi) is 4.58. The lowest BCUT2D eigenvalue weighted by Crippen LogP contribution is -2.46. The van der Waals surface area contributed by atoms with Gasteiger partial charge in [0.25, 0.3) is 5.91 Å². The fourth-order valence-electron chi connectivity index (χ4n) is 3.59. The maximum absolute atomic E-state index is 12.8. The van der Waals surface area contributed by atoms with Crippen LogP contribution in [0, 0.1) is 0 Å². The number of nitrogen functional groups attached to an aromatic ring is 1. The third-order valence-corrected chi connectivity index (χ3v) is 4.71. The number of hydrogen-bond acceptors (Lipinski definition) is 5. The van der Waals surface area contributed by atoms with E-state index < -0.39 is 5.60 Å². The van der Waals surface area contributed by atoms with Crippen LogP contribution in [0.5, 0.6) is 0 Å². The molecular formula is C18H26N4O3. The molecule has 3 rings (SSSR count). The highest BCUT2D eigenvalue weighted by Gasteiger charge is 2.42. The van der Waals surface area contributed by atoms with Gasteiger partial charge in [-0.05, 0) is 52.2 Å². The number of likely N-dealkylation sites (tertiary alicyclic amines) is 1. The number of hydrogen-bond donors (Lipinski definition) is 1. The van der Waals surface area contributed by atoms with Gasteiger partial charge in [-0.2, -0.15) is 0 Å². The summed E-state index contributed by atoms with van der Waals surface area (Å²) in [5.41, 5.74) is 5.59. The number of aromatic nitrogens is 1. The summed E-state index contributed by atoms with van der Waals surface area (Å²) >= 11 is 0. The van der Waals surface area contributed by atoms with E-state index in [1.165, 1.54) is 6.20 Å². The average Bonchev–Trinajstić information content (AvgIpc) is 2.80. The molecule has 0 aliphatic carbocycles. The Morgan fingerprint density at radius 1 is 1.20 bits per heavy atom. The molecule has 2 bridgehead atoms. The van der Waals surface area contributed by atoms with Crippen LogP contribution < -0.4 is 5.73 Å². The molecule has 1 aromatic heterocycles. The molecule has 7 nitrogen and oxygen atoms in total. The number of anilines is 1. The lowest BCUT2D eigenvalue weighted by molar-refractivity contribution is 0.0151. The van der Waals surface area contributed by atoms with Crippen LogP contribution in [-0.4, -0.2) is 57.6 Å². The van der Waals surface area contributed by atoms with Gasteiger partial charge in [0.15, 0.2) is 0 Å². The van der Waals surface area contributed by atoms with Crippen LogP contribution in [0.3, 0.4) is 0 Å². The summed E-state index contributed by atoms with van der Waals surface area (Å²) in [6.45, 7) is 6.76. The van der Waals surface area contributed by atoms with Crippen molar-refractivity contribution in [2.75, 3.05) is 18.8 Å². The third-order valence-electron chi connectivity index (χ3n) is 4.71. The predicted molar refractivity (Wildman–Crippen MR) is 94.1 cm³/mol. The Balaban J connectivity index is 1.73. The number of carbonyl (C=O) groups is 2. The highest BCUT2D eigenvalue weighted by Crippen LogP contribution is 2.32. The second kappa shape index (κ2) is 6.54. The second-order valence-electron chi connectivity index (χ2n) is 7.78. The van der Waals surface area contributed by atoms with Gasteiger partial charge in [0, 0.05) is 25.3 Å². The Labute approximate surface area is 148 Å². The summed E-state index contributed by atoms with van der Waals surface area (Å²) in [7, 11) is 0. The van der Waals surface area contributed by atoms with Crippen LogP contribution in [0.15, 0.2) is 18.3 Å². The first kappa shape index (κ1) is 17.5. The number of fused-ring (bicyclic) bond motifs is 2. The second-order valence-corrected chi connectivity index (χ2v) is 7.78. The van der Waals surface area contributed by atoms with Crippen molar-refractivity contribution >= 4 is 17.8 Å². The minimum Gasteiger partial charge on any atom is -0.444 e. The van der Waals surface area contributed by atoms with Crippen LogP contribution in [0.4, 0.5) is 10.6 Å². The summed E-state index contributed by atoms with van der Waals surface area (Å²) in [6, 6.07) is 3.47. The van der Waals surface area contributed by atoms with Crippen molar-refractivity contribution in [3.63, 3.8) is 0 Å². The van der Waals surface area contributed by atoms with Crippen LogP contribution in [0.1, 0.15) is 50.4 Å². The number of nitrogens with two attached hydrogens (primary N) is 1. The van der Waals surface area contributed by atoms with Crippen molar-refractivity contribution in [1.29, 1.82) is 0 Å². The van der Waals surface area contributed by atoms with E-state index >= 15 is 0 Å². The quantitative estimate of drug-likeness (QED) is 0.843. The van der Waals surface area contributed by atoms with Gasteiger partial charge in [0.1, 0.15) is 11.4 Å². The van der Waals surface area contributed by atoms with Crippen molar-refractivity contribution < 1.29 is 14.3 Å². The minimum atomic E-state index is -0.520. The molecule has 2 amide bonds. The van der Waals surface area contributed by atoms with E-state index in [9.17, 15) is 9.59 Å². The summed E-state index contributed by atoms with van der Waals surface area (Å²) in [6.07, 6.45) is 3.86. The summed E-state index contributed by atoms with van der Waals surface area (Å²) < 4.78 is 5.57. The molecule has 0 spiro atoms. The molecule has 2 saturated heterocycles. The van der Waals surface area contributed by atoms with Crippen molar-refractivity contribution in [3.8, 4) is 0 Å². The number of rotatable bonds is 1. The first-order valence-corrected chi connectivity index (χ1v) is 8.77. The van der Waals surface area contributed by atoms with Gasteiger partial charge >= 0.3 is 6.09 Å². The predicted octanol–water partition coefficient (Wildman–Crippen LogP) is 2.28. The van der Waals surface area contributed by atoms with E-state index in [1.807, 2.05) is 30.6 Å². The molecule has 2 aliphatic heterocycles. The van der Waals surface area contributed by atoms with Crippen molar-refractivity contribution in [2.24, 2.45) is 0 Å². The molecule has 136 valence electrons. The monoisotopic (exact) mass is 346 g/mol. The normalized spacial score (nSPS) is 23.3. The summed E-state index contributed by atoms with van der Waals surface area (Å²) in [5, 5.41) is 0. The number of amides is 2. The maximum atomic E-state index is 12.8. The molecule has 2 atom stereocenters. The van der Waals surface area contributed by atoms with E-state index in [0.717, 1.165) is 19.3 Å². The van der Waals surface area contributed by atoms with Crippen LogP contribution in [0.2, 0.25) is 0 Å². The minimum absolute atomic E-state index is 0.00745. The largest absolute Gasteiger partial charge is 0.444 e. The van der Waals surface area contributed by atoms with Crippen LogP contribution >= 0.6 is 0 Å². The molecular weight excluding hydrogens is 320 g/mol. The molecule has 0 saturated carbocycles. The van der Waals surface area contributed by atoms with Gasteiger partial charge in [0.05, 0.1) is 11.6 Å². The summed E-state index contributed by atoms with van der Waals surface area (Å²) in [5.74, 6) is 0.326. The number of pyridine rings is 1. The number of nitrogens with zero attached hydrogens (tertiary/aromatic N) is 3. The van der Waals surface area contributed by atoms with E-state index in [1.54, 1.807) is 12.1 Å². The molecule has 2 aliphatic rings. The standard InChI is InChI=1S/C18H26N4O3/c1-18(2,3)25-17(24)22-13-5-6-14(22)11-21(9-8-13)16(23)12-4-7-15(19)20-10-12/h4,7,10,13-14H,5-6,8-9,11H2,1-3H3,(H2,19,20). The van der Waals surface area contributed by atoms with E-state index in [0.29, 0.717) is 24.5 Å². The van der Waals surface area contributed by atoms with Gasteiger partial charge in [-0.1, -0.05) is 0 Å². The molecule has 3 heterocycles. The van der Waals surface area contributed by atoms with Gasteiger partial charge in [-0.3, -0.25) is 4.79 Å². The first-order chi connectivity index (χ1) is 11.7. The van der Waals surface area contributed by atoms with E-state index in [4.69, 9.17) is 10.5 Å². The van der Waals surface area contributed by atoms with E-state index in [2.05, 4.69) is 4.98 Å². The average molecular weight is 346 g/mol. The highest BCUT2D eigenvalue weighted by atomic mass is 16.6. The smallest absolute Gasteiger partial charge is 0.410 e. The fourth-order valence-corrected chi connectivity index (χ4v) is 3.59. The van der Waals surface area contributed by atoms with Gasteiger partial charge < -0.3 is 20.3 Å². The van der Waals surface area contributed by atoms with E-state index in [-0.39, 0.29) is 24.1 Å². The molecule has 0 aromatic carbocycles. The zero-order valence-corrected chi connectivity index (χ0v) is 15.1. The Bertz CT molecular complexity index is 653. The molecule has 25 heavy (non-hydrogen) atoms. The maximum Gasteiger partial charge on any atom is 0.410 e. The lowest BCUT2D eigenvalue weighted by atomic mass is 10.1. The molecule has 1 aromatic rings. The van der Waals surface area contributed by atoms with Gasteiger partial charge in [-0.15, -0.1) is 0 Å². The van der Waals surface area contributed by atoms with Crippen molar-refractivity contribution in [2.45, 2.75) is 57.7 Å². The van der Waals surface area contributed by atoms with Gasteiger partial charge in [-0.25, -0.2) is 9.78 Å². The Morgan fingerprint density at radius 3 is 2.56 bits per heavy atom. The molecule has 0 radical (unpaired) electrons. The number of ether oxygens (including phenoxy) is 1. The van der Waals surface area contributed by atoms with Crippen LogP contribution in [0.25, 0.3) is 0 Å². The Hall–Kier alpha value is -2.31. The number of carbonyl (C=O) groups excluding carboxylic acids is 2. The zero-order chi connectivity index (χ0) is 18.2. The molecule has 2 unspecified atom stereocenters. The van der Waals surface area contributed by atoms with Crippen molar-refractivity contribution in [1.82, 2.24) is 14.8 Å². The SMILES string of the molecule is CC(C)(C)OC(=O)N1C2CCC1CN(C(=O)c1ccc(N)nc1)CC2. The topological polar surface area (TPSA) is 88.8 Å². The lowest BCUT2D eigenvalue weighted by Gasteiger charge is -2.31. The third kappa shape index (κ3) is 3.86. The van der Waals surface area contributed by atoms with Crippen molar-refractivity contribution in [3.05, 3.63) is 23.9 Å². The first-order valence-electron chi connectivity index (χ1n) is 8.77. The molecule has 7 heteroatoms. The Morgan fingerprint density at radius 2 is 1.92 bits per heavy atom. The summed E-state index contributed by atoms with van der Waals surface area (Å²) in [4.78, 5) is 33.0. The molecule has 2 N–H and O–H groups in total. The van der Waals surface area contributed by atoms with Crippen LogP contribution in [-0.2, 0) is 4.74 Å². The fraction of sp³-hybridized carbons (Fsp3) is 0.611. The molecule has 2 fully saturated rings. The highest BCUT2D eigenvalue weighted by molar-refractivity contribution is 5.94. The van der Waals surface area contributed by atoms with Gasteiger partial charge in [0.2, 0.25) is 0 Å². The zero-order valence-electron chi connectivity index (χ0n) is 15.1.